The summed E-state index contributed by atoms with van der Waals surface area (Å²) in [5.74, 6) is -0.995. The van der Waals surface area contributed by atoms with E-state index in [1.54, 1.807) is 12.1 Å². The van der Waals surface area contributed by atoms with Crippen molar-refractivity contribution >= 4 is 37.4 Å². The van der Waals surface area contributed by atoms with Gasteiger partial charge in [0.05, 0.1) is 17.4 Å². The molecule has 2 N–H and O–H groups in total. The van der Waals surface area contributed by atoms with Crippen molar-refractivity contribution in [3.8, 4) is 0 Å². The second kappa shape index (κ2) is 4.74. The average Bonchev–Trinajstić information content (AvgIpc) is 2.61. The van der Waals surface area contributed by atoms with Gasteiger partial charge in [-0.05, 0) is 34.1 Å². The van der Waals surface area contributed by atoms with Crippen molar-refractivity contribution in [3.05, 3.63) is 39.7 Å². The van der Waals surface area contributed by atoms with E-state index < -0.39 is 15.8 Å². The highest BCUT2D eigenvalue weighted by Gasteiger charge is 2.22. The van der Waals surface area contributed by atoms with Gasteiger partial charge in [-0.25, -0.2) is 13.2 Å². The molecule has 5 nitrogen and oxygen atoms in total. The van der Waals surface area contributed by atoms with E-state index >= 15 is 0 Å². The molecule has 1 aliphatic heterocycles. The lowest BCUT2D eigenvalue weighted by Gasteiger charge is -2.13. The number of carboxylic acids is 1. The Balaban J connectivity index is 2.16. The van der Waals surface area contributed by atoms with Crippen LogP contribution in [-0.4, -0.2) is 31.3 Å². The Morgan fingerprint density at radius 3 is 2.67 bits per heavy atom. The van der Waals surface area contributed by atoms with Crippen molar-refractivity contribution in [3.63, 3.8) is 0 Å². The van der Waals surface area contributed by atoms with Gasteiger partial charge in [0.15, 0.2) is 9.84 Å². The SMILES string of the molecule is O=C(O)c1ccc(NC2C=CS(=O)(=O)C2)c(Br)c1. The number of anilines is 1. The van der Waals surface area contributed by atoms with Crippen molar-refractivity contribution < 1.29 is 18.3 Å². The van der Waals surface area contributed by atoms with E-state index in [0.29, 0.717) is 10.2 Å². The zero-order chi connectivity index (χ0) is 13.3. The lowest BCUT2D eigenvalue weighted by molar-refractivity contribution is 0.0697. The van der Waals surface area contributed by atoms with Gasteiger partial charge in [-0.3, -0.25) is 0 Å². The van der Waals surface area contributed by atoms with Crippen LogP contribution in [0.5, 0.6) is 0 Å². The second-order valence-electron chi connectivity index (χ2n) is 3.91. The topological polar surface area (TPSA) is 83.5 Å². The van der Waals surface area contributed by atoms with Crippen LogP contribution in [0.4, 0.5) is 5.69 Å². The highest BCUT2D eigenvalue weighted by Crippen LogP contribution is 2.25. The maximum absolute atomic E-state index is 11.2. The molecular formula is C11H10BrNO4S. The van der Waals surface area contributed by atoms with Gasteiger partial charge < -0.3 is 10.4 Å². The Kier molecular flexibility index (Phi) is 3.45. The number of hydrogen-bond acceptors (Lipinski definition) is 4. The Morgan fingerprint density at radius 2 is 2.17 bits per heavy atom. The van der Waals surface area contributed by atoms with E-state index in [9.17, 15) is 13.2 Å². The molecule has 7 heteroatoms. The molecule has 0 amide bonds. The van der Waals surface area contributed by atoms with Gasteiger partial charge in [-0.2, -0.15) is 0 Å². The Hall–Kier alpha value is -1.34. The first-order chi connectivity index (χ1) is 8.37. The summed E-state index contributed by atoms with van der Waals surface area (Å²) in [5, 5.41) is 13.0. The van der Waals surface area contributed by atoms with Crippen molar-refractivity contribution in [2.75, 3.05) is 11.1 Å². The lowest BCUT2D eigenvalue weighted by atomic mass is 10.2. The van der Waals surface area contributed by atoms with Gasteiger partial charge in [0.2, 0.25) is 0 Å². The summed E-state index contributed by atoms with van der Waals surface area (Å²) in [6, 6.07) is 4.24. The minimum absolute atomic E-state index is 0.0140. The monoisotopic (exact) mass is 331 g/mol. The fraction of sp³-hybridized carbons (Fsp3) is 0.182. The number of hydrogen-bond donors (Lipinski definition) is 2. The zero-order valence-electron chi connectivity index (χ0n) is 9.13. The van der Waals surface area contributed by atoms with E-state index in [1.165, 1.54) is 17.5 Å². The fourth-order valence-corrected chi connectivity index (χ4v) is 3.36. The number of halogens is 1. The zero-order valence-corrected chi connectivity index (χ0v) is 11.5. The van der Waals surface area contributed by atoms with Crippen LogP contribution in [0.1, 0.15) is 10.4 Å². The quantitative estimate of drug-likeness (QED) is 0.883. The molecular weight excluding hydrogens is 322 g/mol. The number of sulfone groups is 1. The van der Waals surface area contributed by atoms with E-state index in [-0.39, 0.29) is 17.4 Å². The summed E-state index contributed by atoms with van der Waals surface area (Å²) in [6.45, 7) is 0. The molecule has 2 rings (SSSR count). The summed E-state index contributed by atoms with van der Waals surface area (Å²) < 4.78 is 23.1. The third kappa shape index (κ3) is 2.91. The normalized spacial score (nSPS) is 20.8. The molecule has 0 radical (unpaired) electrons. The van der Waals surface area contributed by atoms with E-state index in [1.807, 2.05) is 0 Å². The van der Waals surface area contributed by atoms with Crippen molar-refractivity contribution in [1.82, 2.24) is 0 Å². The number of aromatic carboxylic acids is 1. The van der Waals surface area contributed by atoms with Gasteiger partial charge in [0.25, 0.3) is 0 Å². The molecule has 1 heterocycles. The van der Waals surface area contributed by atoms with Crippen LogP contribution in [0, 0.1) is 0 Å². The van der Waals surface area contributed by atoms with Crippen molar-refractivity contribution in [2.24, 2.45) is 0 Å². The Labute approximate surface area is 113 Å². The molecule has 0 aliphatic carbocycles. The summed E-state index contributed by atoms with van der Waals surface area (Å²) in [6.07, 6.45) is 1.58. The first-order valence-corrected chi connectivity index (χ1v) is 7.58. The minimum Gasteiger partial charge on any atom is -0.478 e. The number of carbonyl (C=O) groups is 1. The van der Waals surface area contributed by atoms with Crippen LogP contribution in [0.15, 0.2) is 34.2 Å². The predicted octanol–water partition coefficient (Wildman–Crippen LogP) is 1.87. The van der Waals surface area contributed by atoms with Crippen LogP contribution < -0.4 is 5.32 Å². The third-order valence-electron chi connectivity index (χ3n) is 2.49. The molecule has 0 saturated carbocycles. The number of benzene rings is 1. The first-order valence-electron chi connectivity index (χ1n) is 5.08. The van der Waals surface area contributed by atoms with Gasteiger partial charge in [-0.1, -0.05) is 6.08 Å². The predicted molar refractivity (Wildman–Crippen MR) is 71.4 cm³/mol. The summed E-state index contributed by atoms with van der Waals surface area (Å²) in [4.78, 5) is 10.8. The van der Waals surface area contributed by atoms with Crippen molar-refractivity contribution in [2.45, 2.75) is 6.04 Å². The molecule has 1 aliphatic rings. The van der Waals surface area contributed by atoms with Gasteiger partial charge in [-0.15, -0.1) is 0 Å². The number of nitrogens with one attached hydrogen (secondary N) is 1. The summed E-state index contributed by atoms with van der Waals surface area (Å²) in [5.41, 5.74) is 0.828. The van der Waals surface area contributed by atoms with Gasteiger partial charge >= 0.3 is 5.97 Å². The molecule has 1 aromatic carbocycles. The third-order valence-corrected chi connectivity index (χ3v) is 4.54. The Morgan fingerprint density at radius 1 is 1.44 bits per heavy atom. The summed E-state index contributed by atoms with van der Waals surface area (Å²) in [7, 11) is -3.10. The smallest absolute Gasteiger partial charge is 0.335 e. The number of rotatable bonds is 3. The van der Waals surface area contributed by atoms with E-state index in [0.717, 1.165) is 0 Å². The molecule has 1 atom stereocenters. The maximum Gasteiger partial charge on any atom is 0.335 e. The van der Waals surface area contributed by atoms with Crippen molar-refractivity contribution in [1.29, 1.82) is 0 Å². The van der Waals surface area contributed by atoms with Gasteiger partial charge in [0.1, 0.15) is 0 Å². The molecule has 0 spiro atoms. The number of carboxylic acid groups (broad SMARTS) is 1. The molecule has 0 fully saturated rings. The molecule has 18 heavy (non-hydrogen) atoms. The van der Waals surface area contributed by atoms with E-state index in [2.05, 4.69) is 21.2 Å². The average molecular weight is 332 g/mol. The fourth-order valence-electron chi connectivity index (χ4n) is 1.63. The highest BCUT2D eigenvalue weighted by atomic mass is 79.9. The largest absolute Gasteiger partial charge is 0.478 e. The molecule has 1 unspecified atom stereocenters. The van der Waals surface area contributed by atoms with Gasteiger partial charge in [0, 0.05) is 15.6 Å². The minimum atomic E-state index is -3.10. The van der Waals surface area contributed by atoms with E-state index in [4.69, 9.17) is 5.11 Å². The molecule has 96 valence electrons. The van der Waals surface area contributed by atoms with Crippen LogP contribution in [0.25, 0.3) is 0 Å². The van der Waals surface area contributed by atoms with Crippen LogP contribution >= 0.6 is 15.9 Å². The molecule has 0 aromatic heterocycles. The standard InChI is InChI=1S/C11H10BrNO4S/c12-9-5-7(11(14)15)1-2-10(9)13-8-3-4-18(16,17)6-8/h1-5,8,13H,6H2,(H,14,15). The molecule has 0 saturated heterocycles. The molecule has 1 aromatic rings. The van der Waals surface area contributed by atoms with Crippen LogP contribution in [0.3, 0.4) is 0 Å². The maximum atomic E-state index is 11.2. The van der Waals surface area contributed by atoms with Crippen LogP contribution in [-0.2, 0) is 9.84 Å². The summed E-state index contributed by atoms with van der Waals surface area (Å²) >= 11 is 3.25. The Bertz CT molecular complexity index is 624. The second-order valence-corrected chi connectivity index (χ2v) is 6.69. The molecule has 0 bridgehead atoms. The first kappa shape index (κ1) is 13.1. The highest BCUT2D eigenvalue weighted by molar-refractivity contribution is 9.10. The lowest BCUT2D eigenvalue weighted by Crippen LogP contribution is -2.21. The van der Waals surface area contributed by atoms with Crippen LogP contribution in [0.2, 0.25) is 0 Å².